The van der Waals surface area contributed by atoms with E-state index in [0.29, 0.717) is 26.1 Å². The third-order valence-corrected chi connectivity index (χ3v) is 4.77. The Morgan fingerprint density at radius 3 is 2.65 bits per heavy atom. The second-order valence-corrected chi connectivity index (χ2v) is 6.50. The first-order valence-corrected chi connectivity index (χ1v) is 7.74. The highest BCUT2D eigenvalue weighted by Crippen LogP contribution is 2.21. The van der Waals surface area contributed by atoms with Crippen molar-refractivity contribution in [3.63, 3.8) is 0 Å². The van der Waals surface area contributed by atoms with Crippen molar-refractivity contribution in [1.29, 1.82) is 5.26 Å². The number of rotatable bonds is 4. The first kappa shape index (κ1) is 14.9. The largest absolute Gasteiger partial charge is 0.388 e. The highest BCUT2D eigenvalue weighted by molar-refractivity contribution is 7.89. The van der Waals surface area contributed by atoms with Gasteiger partial charge in [0.2, 0.25) is 10.0 Å². The third-order valence-electron chi connectivity index (χ3n) is 3.31. The first-order valence-electron chi connectivity index (χ1n) is 6.26. The summed E-state index contributed by atoms with van der Waals surface area (Å²) in [6.45, 7) is 0.735. The summed E-state index contributed by atoms with van der Waals surface area (Å²) in [7, 11) is -3.81. The quantitative estimate of drug-likeness (QED) is 0.836. The molecule has 1 fully saturated rings. The predicted molar refractivity (Wildman–Crippen MR) is 71.3 cm³/mol. The molecule has 1 heterocycles. The average molecular weight is 296 g/mol. The van der Waals surface area contributed by atoms with E-state index >= 15 is 0 Å². The van der Waals surface area contributed by atoms with Crippen LogP contribution in [0.4, 0.5) is 0 Å². The lowest BCUT2D eigenvalue weighted by Gasteiger charge is -2.32. The van der Waals surface area contributed by atoms with Gasteiger partial charge in [0.05, 0.1) is 16.1 Å². The van der Waals surface area contributed by atoms with Crippen LogP contribution in [0.3, 0.4) is 0 Å². The molecule has 7 heteroatoms. The molecule has 1 aliphatic heterocycles. The van der Waals surface area contributed by atoms with Crippen molar-refractivity contribution < 1.29 is 18.3 Å². The van der Waals surface area contributed by atoms with E-state index < -0.39 is 15.6 Å². The van der Waals surface area contributed by atoms with Crippen LogP contribution in [0, 0.1) is 11.3 Å². The Labute approximate surface area is 118 Å². The van der Waals surface area contributed by atoms with Crippen LogP contribution < -0.4 is 4.72 Å². The van der Waals surface area contributed by atoms with Crippen molar-refractivity contribution in [2.45, 2.75) is 23.3 Å². The van der Waals surface area contributed by atoms with Crippen LogP contribution in [0.5, 0.6) is 0 Å². The van der Waals surface area contributed by atoms with Crippen LogP contribution in [0.15, 0.2) is 29.2 Å². The number of nitrogens with zero attached hydrogens (tertiary/aromatic N) is 1. The molecule has 0 atom stereocenters. The molecular formula is C13H16N2O4S. The van der Waals surface area contributed by atoms with E-state index in [9.17, 15) is 13.5 Å². The summed E-state index contributed by atoms with van der Waals surface area (Å²) in [5.74, 6) is 0. The number of sulfonamides is 1. The lowest BCUT2D eigenvalue weighted by atomic mass is 9.95. The van der Waals surface area contributed by atoms with E-state index in [1.165, 1.54) is 12.1 Å². The van der Waals surface area contributed by atoms with Crippen molar-refractivity contribution in [2.24, 2.45) is 0 Å². The van der Waals surface area contributed by atoms with Gasteiger partial charge in [0, 0.05) is 32.6 Å². The molecule has 0 amide bonds. The zero-order chi connectivity index (χ0) is 14.6. The molecule has 1 aliphatic rings. The summed E-state index contributed by atoms with van der Waals surface area (Å²) >= 11 is 0. The topological polar surface area (TPSA) is 99.4 Å². The minimum absolute atomic E-state index is 0.0711. The van der Waals surface area contributed by atoms with Crippen molar-refractivity contribution >= 4 is 10.0 Å². The Bertz CT molecular complexity index is 616. The van der Waals surface area contributed by atoms with Gasteiger partial charge in [0.15, 0.2) is 0 Å². The van der Waals surface area contributed by atoms with E-state index in [1.54, 1.807) is 12.1 Å². The molecule has 0 radical (unpaired) electrons. The fourth-order valence-corrected chi connectivity index (χ4v) is 3.30. The van der Waals surface area contributed by atoms with E-state index in [-0.39, 0.29) is 17.0 Å². The monoisotopic (exact) mass is 296 g/mol. The molecule has 0 spiro atoms. The molecule has 20 heavy (non-hydrogen) atoms. The molecule has 1 aromatic carbocycles. The van der Waals surface area contributed by atoms with Crippen LogP contribution in [0.1, 0.15) is 18.4 Å². The molecule has 0 aromatic heterocycles. The molecule has 1 aromatic rings. The molecule has 0 bridgehead atoms. The third kappa shape index (κ3) is 3.35. The first-order chi connectivity index (χ1) is 9.47. The number of nitrogens with one attached hydrogen (secondary N) is 1. The van der Waals surface area contributed by atoms with Crippen LogP contribution in [-0.2, 0) is 14.8 Å². The zero-order valence-corrected chi connectivity index (χ0v) is 11.7. The number of ether oxygens (including phenoxy) is 1. The summed E-state index contributed by atoms with van der Waals surface area (Å²) in [4.78, 5) is -0.0711. The number of aliphatic hydroxyl groups is 1. The maximum atomic E-state index is 12.2. The fraction of sp³-hybridized carbons (Fsp3) is 0.462. The van der Waals surface area contributed by atoms with Crippen LogP contribution in [0.25, 0.3) is 0 Å². The average Bonchev–Trinajstić information content (AvgIpc) is 2.46. The van der Waals surface area contributed by atoms with Crippen molar-refractivity contribution in [2.75, 3.05) is 19.8 Å². The van der Waals surface area contributed by atoms with Gasteiger partial charge in [-0.3, -0.25) is 0 Å². The maximum Gasteiger partial charge on any atom is 0.241 e. The van der Waals surface area contributed by atoms with Crippen LogP contribution in [0.2, 0.25) is 0 Å². The number of hydrogen-bond acceptors (Lipinski definition) is 5. The summed E-state index contributed by atoms with van der Waals surface area (Å²) in [5, 5.41) is 19.2. The highest BCUT2D eigenvalue weighted by Gasteiger charge is 2.31. The van der Waals surface area contributed by atoms with Crippen molar-refractivity contribution in [3.05, 3.63) is 29.8 Å². The molecule has 0 saturated carbocycles. The van der Waals surface area contributed by atoms with Gasteiger partial charge in [-0.05, 0) is 12.1 Å². The van der Waals surface area contributed by atoms with Crippen LogP contribution >= 0.6 is 0 Å². The fourth-order valence-electron chi connectivity index (χ4n) is 2.03. The Kier molecular flexibility index (Phi) is 4.40. The highest BCUT2D eigenvalue weighted by atomic mass is 32.2. The number of benzene rings is 1. The lowest BCUT2D eigenvalue weighted by Crippen LogP contribution is -2.46. The van der Waals surface area contributed by atoms with Gasteiger partial charge in [0.1, 0.15) is 6.07 Å². The van der Waals surface area contributed by atoms with Gasteiger partial charge < -0.3 is 9.84 Å². The summed E-state index contributed by atoms with van der Waals surface area (Å²) in [6.07, 6.45) is 0.769. The normalized spacial score (nSPS) is 18.4. The van der Waals surface area contributed by atoms with Gasteiger partial charge in [-0.2, -0.15) is 5.26 Å². The lowest BCUT2D eigenvalue weighted by molar-refractivity contribution is -0.0588. The van der Waals surface area contributed by atoms with Gasteiger partial charge in [-0.1, -0.05) is 12.1 Å². The van der Waals surface area contributed by atoms with E-state index in [0.717, 1.165) is 0 Å². The minimum atomic E-state index is -3.81. The van der Waals surface area contributed by atoms with Crippen molar-refractivity contribution in [3.8, 4) is 6.07 Å². The standard InChI is InChI=1S/C13H16N2O4S/c14-9-11-3-1-2-4-12(11)20(17,18)15-10-13(16)5-7-19-8-6-13/h1-4,15-16H,5-8,10H2. The summed E-state index contributed by atoms with van der Waals surface area (Å²) in [6, 6.07) is 7.81. The molecule has 0 unspecified atom stereocenters. The van der Waals surface area contributed by atoms with Crippen LogP contribution in [-0.4, -0.2) is 38.9 Å². The van der Waals surface area contributed by atoms with E-state index in [1.807, 2.05) is 6.07 Å². The summed E-state index contributed by atoms with van der Waals surface area (Å²) < 4.78 is 31.9. The number of nitriles is 1. The van der Waals surface area contributed by atoms with E-state index in [2.05, 4.69) is 4.72 Å². The molecule has 2 N–H and O–H groups in total. The smallest absolute Gasteiger partial charge is 0.241 e. The van der Waals surface area contributed by atoms with Gasteiger partial charge in [0.25, 0.3) is 0 Å². The van der Waals surface area contributed by atoms with Gasteiger partial charge in [-0.25, -0.2) is 13.1 Å². The van der Waals surface area contributed by atoms with E-state index in [4.69, 9.17) is 10.00 Å². The molecule has 1 saturated heterocycles. The molecule has 0 aliphatic carbocycles. The zero-order valence-electron chi connectivity index (χ0n) is 10.9. The maximum absolute atomic E-state index is 12.2. The second-order valence-electron chi connectivity index (χ2n) is 4.77. The van der Waals surface area contributed by atoms with Gasteiger partial charge in [-0.15, -0.1) is 0 Å². The Morgan fingerprint density at radius 2 is 2.00 bits per heavy atom. The minimum Gasteiger partial charge on any atom is -0.388 e. The Hall–Kier alpha value is -1.46. The predicted octanol–water partition coefficient (Wildman–Crippen LogP) is 0.378. The number of hydrogen-bond donors (Lipinski definition) is 2. The second kappa shape index (κ2) is 5.89. The SMILES string of the molecule is N#Cc1ccccc1S(=O)(=O)NCC1(O)CCOCC1. The Morgan fingerprint density at radius 1 is 1.35 bits per heavy atom. The molecular weight excluding hydrogens is 280 g/mol. The molecule has 108 valence electrons. The Balaban J connectivity index is 2.14. The molecule has 2 rings (SSSR count). The summed E-state index contributed by atoms with van der Waals surface area (Å²) in [5.41, 5.74) is -1.01. The van der Waals surface area contributed by atoms with Crippen molar-refractivity contribution in [1.82, 2.24) is 4.72 Å². The molecule has 6 nitrogen and oxygen atoms in total. The van der Waals surface area contributed by atoms with Gasteiger partial charge >= 0.3 is 0 Å².